The number of fused-ring (bicyclic) bond motifs is 1. The number of nitrogens with two attached hydrogens (primary N) is 1. The van der Waals surface area contributed by atoms with Crippen molar-refractivity contribution in [1.82, 2.24) is 14.6 Å². The smallest absolute Gasteiger partial charge is 0.263 e. The summed E-state index contributed by atoms with van der Waals surface area (Å²) in [5.41, 5.74) is 13.4. The predicted molar refractivity (Wildman–Crippen MR) is 189 cm³/mol. The minimum Gasteiger partial charge on any atom is -1.00 e. The molecule has 0 spiro atoms. The lowest BCUT2D eigenvalue weighted by Crippen LogP contribution is -3.00. The average Bonchev–Trinajstić information content (AvgIpc) is 3.51. The first-order valence-electron chi connectivity index (χ1n) is 15.4. The van der Waals surface area contributed by atoms with Gasteiger partial charge < -0.3 is 32.1 Å². The number of hydrogen-bond donors (Lipinski definition) is 2. The third-order valence-electron chi connectivity index (χ3n) is 8.86. The minimum atomic E-state index is -3.90. The highest BCUT2D eigenvalue weighted by molar-refractivity contribution is 7.92. The van der Waals surface area contributed by atoms with Crippen molar-refractivity contribution in [3.05, 3.63) is 126 Å². The number of rotatable bonds is 8. The second kappa shape index (κ2) is 13.6. The molecule has 246 valence electrons. The van der Waals surface area contributed by atoms with Gasteiger partial charge >= 0.3 is 0 Å². The van der Waals surface area contributed by atoms with Gasteiger partial charge in [0.15, 0.2) is 5.65 Å². The van der Waals surface area contributed by atoms with Crippen LogP contribution in [0.5, 0.6) is 0 Å². The Labute approximate surface area is 296 Å². The summed E-state index contributed by atoms with van der Waals surface area (Å²) in [5.74, 6) is 0.398. The van der Waals surface area contributed by atoms with Crippen molar-refractivity contribution in [2.45, 2.75) is 11.4 Å². The topological polar surface area (TPSA) is 106 Å². The van der Waals surface area contributed by atoms with Gasteiger partial charge in [-0.2, -0.15) is 9.61 Å². The van der Waals surface area contributed by atoms with Crippen molar-refractivity contribution in [2.24, 2.45) is 0 Å². The largest absolute Gasteiger partial charge is 1.00 e. The van der Waals surface area contributed by atoms with Crippen LogP contribution in [0.4, 0.5) is 17.2 Å². The molecule has 7 rings (SSSR count). The lowest BCUT2D eigenvalue weighted by atomic mass is 10.1. The summed E-state index contributed by atoms with van der Waals surface area (Å²) in [6, 6.07) is 32.5. The summed E-state index contributed by atoms with van der Waals surface area (Å²) >= 11 is 6.15. The van der Waals surface area contributed by atoms with Crippen molar-refractivity contribution < 1.29 is 29.9 Å². The van der Waals surface area contributed by atoms with Gasteiger partial charge in [0.05, 0.1) is 44.4 Å². The zero-order chi connectivity index (χ0) is 32.6. The van der Waals surface area contributed by atoms with Gasteiger partial charge in [0.1, 0.15) is 17.3 Å². The van der Waals surface area contributed by atoms with Crippen molar-refractivity contribution >= 4 is 44.5 Å². The third-order valence-corrected chi connectivity index (χ3v) is 10.7. The first kappa shape index (κ1) is 33.5. The molecule has 48 heavy (non-hydrogen) atoms. The Morgan fingerprint density at radius 3 is 2.29 bits per heavy atom. The maximum absolute atomic E-state index is 13.0. The fraction of sp³-hybridized carbons (Fsp3) is 0.167. The van der Waals surface area contributed by atoms with Gasteiger partial charge in [-0.1, -0.05) is 78.3 Å². The number of quaternary nitrogens is 1. The van der Waals surface area contributed by atoms with Crippen molar-refractivity contribution in [2.75, 3.05) is 48.6 Å². The molecule has 0 radical (unpaired) electrons. The van der Waals surface area contributed by atoms with E-state index in [1.54, 1.807) is 47.2 Å². The Balaban J connectivity index is 0.00000401. The average molecular weight is 745 g/mol. The molecule has 12 heteroatoms. The molecule has 0 atom stereocenters. The number of halogens is 2. The molecule has 6 aromatic rings. The van der Waals surface area contributed by atoms with Gasteiger partial charge in [0.25, 0.3) is 10.0 Å². The summed E-state index contributed by atoms with van der Waals surface area (Å²) in [6.45, 7) is 5.13. The molecule has 0 bridgehead atoms. The molecule has 0 amide bonds. The van der Waals surface area contributed by atoms with E-state index >= 15 is 0 Å². The normalized spacial score (nSPS) is 14.4. The number of nitrogens with zero attached hydrogens (tertiary/aromatic N) is 5. The van der Waals surface area contributed by atoms with Gasteiger partial charge in [-0.3, -0.25) is 4.72 Å². The Morgan fingerprint density at radius 1 is 0.854 bits per heavy atom. The second-order valence-electron chi connectivity index (χ2n) is 12.2. The fourth-order valence-corrected chi connectivity index (χ4v) is 7.83. The molecule has 9 nitrogen and oxygen atoms in total. The number of hydrogen-bond acceptors (Lipinski definition) is 6. The van der Waals surface area contributed by atoms with E-state index in [1.165, 1.54) is 23.4 Å². The molecule has 1 fully saturated rings. The number of sulfonamides is 1. The van der Waals surface area contributed by atoms with Crippen LogP contribution in [0.1, 0.15) is 5.56 Å². The van der Waals surface area contributed by atoms with Gasteiger partial charge in [0.2, 0.25) is 0 Å². The first-order valence-corrected chi connectivity index (χ1v) is 17.3. The van der Waals surface area contributed by atoms with Crippen LogP contribution in [0.25, 0.3) is 27.9 Å². The Morgan fingerprint density at radius 2 is 1.54 bits per heavy atom. The number of anilines is 3. The molecule has 2 aromatic heterocycles. The summed E-state index contributed by atoms with van der Waals surface area (Å²) in [5, 5.41) is 4.75. The van der Waals surface area contributed by atoms with E-state index in [1.807, 2.05) is 6.07 Å². The maximum Gasteiger partial charge on any atom is 0.263 e. The minimum absolute atomic E-state index is 0. The van der Waals surface area contributed by atoms with Crippen LogP contribution >= 0.6 is 11.6 Å². The highest BCUT2D eigenvalue weighted by Crippen LogP contribution is 2.33. The standard InChI is InChI=1S/C36H35ClN7O2S.BrH/c1-44(25-26-9-3-2-4-10-26)19-17-42(18-20-44)30-14-8-12-28(22-30)32-24-40-43-35(38)31(23-39-36(32)43)27-11-7-13-29(21-27)41-47(45,46)34-16-6-5-15-33(34)37;/h2-16,21-24,41H,17-20,25,38H2,1H3;1H/q+1;/p-1. The zero-order valence-corrected chi connectivity index (χ0v) is 29.5. The molecule has 1 saturated heterocycles. The van der Waals surface area contributed by atoms with Crippen LogP contribution in [-0.4, -0.2) is 60.7 Å². The van der Waals surface area contributed by atoms with Gasteiger partial charge in [-0.15, -0.1) is 0 Å². The van der Waals surface area contributed by atoms with Gasteiger partial charge in [0, 0.05) is 34.3 Å². The maximum atomic E-state index is 13.0. The second-order valence-corrected chi connectivity index (χ2v) is 14.3. The van der Waals surface area contributed by atoms with E-state index in [2.05, 4.69) is 76.4 Å². The summed E-state index contributed by atoms with van der Waals surface area (Å²) in [6.07, 6.45) is 3.50. The Kier molecular flexibility index (Phi) is 9.48. The SMILES string of the molecule is C[N+]1(Cc2ccccc2)CCN(c2cccc(-c3cnn4c(N)c(-c5cccc(NS(=O)(=O)c6ccccc6Cl)c5)cnc34)c2)CC1.[Br-]. The zero-order valence-electron chi connectivity index (χ0n) is 26.3. The highest BCUT2D eigenvalue weighted by Gasteiger charge is 2.29. The Bertz CT molecular complexity index is 2190. The molecule has 3 N–H and O–H groups in total. The van der Waals surface area contributed by atoms with E-state index in [0.29, 0.717) is 28.3 Å². The van der Waals surface area contributed by atoms with E-state index in [0.717, 1.165) is 48.3 Å². The Hall–Kier alpha value is -4.42. The molecule has 3 heterocycles. The summed E-state index contributed by atoms with van der Waals surface area (Å²) < 4.78 is 31.3. The molecule has 4 aromatic carbocycles. The molecule has 0 aliphatic carbocycles. The number of piperazine rings is 1. The number of nitrogen functional groups attached to an aromatic ring is 1. The van der Waals surface area contributed by atoms with Crippen LogP contribution in [0.2, 0.25) is 5.02 Å². The molecule has 0 saturated carbocycles. The van der Waals surface area contributed by atoms with E-state index < -0.39 is 10.0 Å². The van der Waals surface area contributed by atoms with Crippen LogP contribution in [0.15, 0.2) is 120 Å². The number of benzene rings is 4. The van der Waals surface area contributed by atoms with E-state index in [-0.39, 0.29) is 26.9 Å². The van der Waals surface area contributed by atoms with Crippen LogP contribution < -0.4 is 32.3 Å². The quantitative estimate of drug-likeness (QED) is 0.231. The van der Waals surface area contributed by atoms with E-state index in [4.69, 9.17) is 22.3 Å². The fourth-order valence-electron chi connectivity index (χ4n) is 6.26. The third kappa shape index (κ3) is 6.77. The van der Waals surface area contributed by atoms with Crippen LogP contribution in [-0.2, 0) is 16.6 Å². The van der Waals surface area contributed by atoms with Gasteiger partial charge in [-0.25, -0.2) is 13.4 Å². The molecule has 1 aliphatic rings. The first-order chi connectivity index (χ1) is 22.7. The predicted octanol–water partition coefficient (Wildman–Crippen LogP) is 3.57. The number of likely N-dealkylation sites (N-methyl/N-ethyl adjacent to an activating group) is 1. The van der Waals surface area contributed by atoms with E-state index in [9.17, 15) is 8.42 Å². The van der Waals surface area contributed by atoms with Gasteiger partial charge in [-0.05, 0) is 47.5 Å². The molecular weight excluding hydrogens is 710 g/mol. The monoisotopic (exact) mass is 743 g/mol. The molecular formula is C36H35BrClN7O2S. The lowest BCUT2D eigenvalue weighted by molar-refractivity contribution is -0.923. The van der Waals surface area contributed by atoms with Crippen molar-refractivity contribution in [1.29, 1.82) is 0 Å². The molecule has 0 unspecified atom stereocenters. The highest BCUT2D eigenvalue weighted by atomic mass is 79.9. The van der Waals surface area contributed by atoms with Crippen LogP contribution in [0.3, 0.4) is 0 Å². The lowest BCUT2D eigenvalue weighted by Gasteiger charge is -2.43. The summed E-state index contributed by atoms with van der Waals surface area (Å²) in [4.78, 5) is 7.22. The van der Waals surface area contributed by atoms with Crippen molar-refractivity contribution in [3.8, 4) is 22.3 Å². The number of nitrogens with one attached hydrogen (secondary N) is 1. The van der Waals surface area contributed by atoms with Crippen molar-refractivity contribution in [3.63, 3.8) is 0 Å². The number of aromatic nitrogens is 3. The summed E-state index contributed by atoms with van der Waals surface area (Å²) in [7, 11) is -1.55. The van der Waals surface area contributed by atoms with Crippen LogP contribution in [0, 0.1) is 0 Å². The molecule has 1 aliphatic heterocycles.